The molecule has 6 heteroatoms. The minimum atomic E-state index is 0.289. The number of anilines is 1. The molecule has 0 aliphatic heterocycles. The Balaban J connectivity index is 2.11. The summed E-state index contributed by atoms with van der Waals surface area (Å²) >= 11 is 12.3. The predicted octanol–water partition coefficient (Wildman–Crippen LogP) is 3.04. The lowest BCUT2D eigenvalue weighted by Gasteiger charge is -2.08. The fourth-order valence-corrected chi connectivity index (χ4v) is 2.56. The van der Waals surface area contributed by atoms with Crippen molar-refractivity contribution in [1.82, 2.24) is 4.98 Å². The Hall–Kier alpha value is -1.17. The van der Waals surface area contributed by atoms with Gasteiger partial charge in [0.2, 0.25) is 0 Å². The molecule has 2 rings (SSSR count). The zero-order valence-electron chi connectivity index (χ0n) is 8.81. The van der Waals surface area contributed by atoms with Gasteiger partial charge in [-0.25, -0.2) is 0 Å². The number of halogens is 1. The van der Waals surface area contributed by atoms with E-state index in [0.717, 1.165) is 14.9 Å². The van der Waals surface area contributed by atoms with Crippen LogP contribution in [0.2, 0.25) is 4.34 Å². The minimum absolute atomic E-state index is 0.289. The number of aromatic nitrogens is 1. The molecule has 0 radical (unpaired) electrons. The Bertz CT molecular complexity index is 539. The lowest BCUT2D eigenvalue weighted by molar-refractivity contribution is 1.16. The van der Waals surface area contributed by atoms with Crippen LogP contribution in [0.3, 0.4) is 0 Å². The molecule has 88 valence electrons. The Morgan fingerprint density at radius 2 is 2.29 bits per heavy atom. The van der Waals surface area contributed by atoms with E-state index in [2.05, 4.69) is 10.3 Å². The topological polar surface area (TPSA) is 50.9 Å². The number of thiophene rings is 1. The molecule has 0 bridgehead atoms. The second-order valence-corrected chi connectivity index (χ2v) is 5.56. The molecule has 0 atom stereocenters. The number of nitrogens with one attached hydrogen (secondary N) is 1. The van der Waals surface area contributed by atoms with E-state index in [4.69, 9.17) is 29.6 Å². The lowest BCUT2D eigenvalue weighted by Crippen LogP contribution is -2.14. The molecule has 0 unspecified atom stereocenters. The van der Waals surface area contributed by atoms with Gasteiger partial charge in [-0.05, 0) is 24.3 Å². The number of hydrogen-bond acceptors (Lipinski definition) is 4. The largest absolute Gasteiger partial charge is 0.388 e. The van der Waals surface area contributed by atoms with Crippen molar-refractivity contribution in [3.63, 3.8) is 0 Å². The van der Waals surface area contributed by atoms with Crippen LogP contribution >= 0.6 is 35.2 Å². The van der Waals surface area contributed by atoms with Crippen molar-refractivity contribution in [3.05, 3.63) is 45.4 Å². The first-order chi connectivity index (χ1) is 8.16. The maximum atomic E-state index is 5.86. The van der Waals surface area contributed by atoms with Gasteiger partial charge in [0, 0.05) is 17.6 Å². The van der Waals surface area contributed by atoms with E-state index in [1.54, 1.807) is 6.20 Å². The smallest absolute Gasteiger partial charge is 0.124 e. The highest BCUT2D eigenvalue weighted by atomic mass is 35.5. The fraction of sp³-hybridized carbons (Fsp3) is 0.0909. The fourth-order valence-electron chi connectivity index (χ4n) is 1.37. The summed E-state index contributed by atoms with van der Waals surface area (Å²) in [5.41, 5.74) is 7.05. The SMILES string of the molecule is NC(=S)c1ncccc1NCc1ccc(Cl)s1. The van der Waals surface area contributed by atoms with Crippen molar-refractivity contribution < 1.29 is 0 Å². The molecule has 2 heterocycles. The van der Waals surface area contributed by atoms with E-state index in [1.807, 2.05) is 24.3 Å². The van der Waals surface area contributed by atoms with Crippen LogP contribution in [0.15, 0.2) is 30.5 Å². The van der Waals surface area contributed by atoms with Crippen molar-refractivity contribution in [3.8, 4) is 0 Å². The first-order valence-corrected chi connectivity index (χ1v) is 6.50. The standard InChI is InChI=1S/C11H10ClN3S2/c12-9-4-3-7(17-9)6-15-8-2-1-5-14-10(8)11(13)16/h1-5,15H,6H2,(H2,13,16). The zero-order valence-corrected chi connectivity index (χ0v) is 11.2. The number of nitrogens with zero attached hydrogens (tertiary/aromatic N) is 1. The Morgan fingerprint density at radius 3 is 2.94 bits per heavy atom. The van der Waals surface area contributed by atoms with Gasteiger partial charge in [-0.3, -0.25) is 4.98 Å². The number of hydrogen-bond donors (Lipinski definition) is 2. The van der Waals surface area contributed by atoms with Crippen LogP contribution < -0.4 is 11.1 Å². The van der Waals surface area contributed by atoms with Gasteiger partial charge in [0.05, 0.1) is 10.0 Å². The van der Waals surface area contributed by atoms with Gasteiger partial charge in [-0.1, -0.05) is 23.8 Å². The zero-order chi connectivity index (χ0) is 12.3. The van der Waals surface area contributed by atoms with E-state index in [1.165, 1.54) is 11.3 Å². The maximum absolute atomic E-state index is 5.86. The van der Waals surface area contributed by atoms with Crippen molar-refractivity contribution in [2.75, 3.05) is 5.32 Å². The van der Waals surface area contributed by atoms with Gasteiger partial charge in [0.25, 0.3) is 0 Å². The van der Waals surface area contributed by atoms with Crippen LogP contribution in [0.4, 0.5) is 5.69 Å². The van der Waals surface area contributed by atoms with Crippen molar-refractivity contribution in [2.24, 2.45) is 5.73 Å². The van der Waals surface area contributed by atoms with Crippen LogP contribution in [0, 0.1) is 0 Å². The average Bonchev–Trinajstić information content (AvgIpc) is 2.73. The third-order valence-corrected chi connectivity index (χ3v) is 3.55. The average molecular weight is 284 g/mol. The van der Waals surface area contributed by atoms with Crippen LogP contribution in [0.5, 0.6) is 0 Å². The molecule has 2 aromatic rings. The van der Waals surface area contributed by atoms with Crippen molar-refractivity contribution in [2.45, 2.75) is 6.54 Å². The molecule has 0 fully saturated rings. The second kappa shape index (κ2) is 5.44. The van der Waals surface area contributed by atoms with Gasteiger partial charge in [0.1, 0.15) is 10.7 Å². The van der Waals surface area contributed by atoms with Gasteiger partial charge >= 0.3 is 0 Å². The molecule has 3 nitrogen and oxygen atoms in total. The Kier molecular flexibility index (Phi) is 3.93. The van der Waals surface area contributed by atoms with E-state index in [-0.39, 0.29) is 4.99 Å². The molecule has 3 N–H and O–H groups in total. The summed E-state index contributed by atoms with van der Waals surface area (Å²) in [4.78, 5) is 5.58. The van der Waals surface area contributed by atoms with Crippen molar-refractivity contribution in [1.29, 1.82) is 0 Å². The monoisotopic (exact) mass is 283 g/mol. The number of pyridine rings is 1. The summed E-state index contributed by atoms with van der Waals surface area (Å²) in [5, 5.41) is 3.25. The molecular weight excluding hydrogens is 274 g/mol. The van der Waals surface area contributed by atoms with Gasteiger partial charge < -0.3 is 11.1 Å². The highest BCUT2D eigenvalue weighted by Gasteiger charge is 2.06. The highest BCUT2D eigenvalue weighted by Crippen LogP contribution is 2.22. The van der Waals surface area contributed by atoms with Gasteiger partial charge in [0.15, 0.2) is 0 Å². The first-order valence-electron chi connectivity index (χ1n) is 4.89. The van der Waals surface area contributed by atoms with Crippen LogP contribution in [-0.4, -0.2) is 9.97 Å². The Labute approximate surface area is 114 Å². The molecule has 0 aromatic carbocycles. The number of rotatable bonds is 4. The molecule has 0 aliphatic carbocycles. The molecule has 0 spiro atoms. The molecule has 0 saturated heterocycles. The summed E-state index contributed by atoms with van der Waals surface area (Å²) in [6, 6.07) is 7.60. The molecule has 17 heavy (non-hydrogen) atoms. The van der Waals surface area contributed by atoms with Crippen LogP contribution in [0.25, 0.3) is 0 Å². The van der Waals surface area contributed by atoms with Crippen LogP contribution in [-0.2, 0) is 6.54 Å². The predicted molar refractivity (Wildman–Crippen MR) is 76.8 cm³/mol. The quantitative estimate of drug-likeness (QED) is 0.847. The summed E-state index contributed by atoms with van der Waals surface area (Å²) in [5.74, 6) is 0. The second-order valence-electron chi connectivity index (χ2n) is 3.32. The Morgan fingerprint density at radius 1 is 1.47 bits per heavy atom. The molecule has 2 aromatic heterocycles. The van der Waals surface area contributed by atoms with Crippen molar-refractivity contribution >= 4 is 45.8 Å². The van der Waals surface area contributed by atoms with E-state index in [9.17, 15) is 0 Å². The van der Waals surface area contributed by atoms with E-state index >= 15 is 0 Å². The maximum Gasteiger partial charge on any atom is 0.124 e. The molecular formula is C11H10ClN3S2. The number of thiocarbonyl (C=S) groups is 1. The van der Waals surface area contributed by atoms with E-state index < -0.39 is 0 Å². The number of nitrogens with two attached hydrogens (primary N) is 1. The summed E-state index contributed by atoms with van der Waals surface area (Å²) in [6.45, 7) is 0.679. The highest BCUT2D eigenvalue weighted by molar-refractivity contribution is 7.80. The third-order valence-electron chi connectivity index (χ3n) is 2.12. The molecule has 0 aliphatic rings. The minimum Gasteiger partial charge on any atom is -0.388 e. The molecule has 0 saturated carbocycles. The summed E-state index contributed by atoms with van der Waals surface area (Å²) in [6.07, 6.45) is 1.67. The lowest BCUT2D eigenvalue weighted by atomic mass is 10.3. The summed E-state index contributed by atoms with van der Waals surface area (Å²) < 4.78 is 0.780. The van der Waals surface area contributed by atoms with E-state index in [0.29, 0.717) is 12.2 Å². The molecule has 0 amide bonds. The van der Waals surface area contributed by atoms with Crippen LogP contribution in [0.1, 0.15) is 10.6 Å². The third kappa shape index (κ3) is 3.15. The summed E-state index contributed by atoms with van der Waals surface area (Å²) in [7, 11) is 0. The normalized spacial score (nSPS) is 10.2. The first kappa shape index (κ1) is 12.3. The van der Waals surface area contributed by atoms with Gasteiger partial charge in [-0.2, -0.15) is 0 Å². The van der Waals surface area contributed by atoms with Gasteiger partial charge in [-0.15, -0.1) is 11.3 Å².